The Morgan fingerprint density at radius 3 is 2.94 bits per heavy atom. The Bertz CT molecular complexity index is 1410. The fourth-order valence-corrected chi connectivity index (χ4v) is 4.95. The van der Waals surface area contributed by atoms with Gasteiger partial charge in [0.25, 0.3) is 0 Å². The smallest absolute Gasteiger partial charge is 0.166 e. The number of nitrogens with one attached hydrogen (secondary N) is 1. The molecule has 2 heterocycles. The molecule has 0 unspecified atom stereocenters. The normalized spacial score (nSPS) is 21.0. The van der Waals surface area contributed by atoms with Gasteiger partial charge in [-0.05, 0) is 55.3 Å². The van der Waals surface area contributed by atoms with Crippen LogP contribution in [-0.4, -0.2) is 40.8 Å². The van der Waals surface area contributed by atoms with E-state index in [0.29, 0.717) is 22.6 Å². The monoisotopic (exact) mass is 494 g/mol. The number of halogens is 3. The van der Waals surface area contributed by atoms with Crippen LogP contribution in [-0.2, 0) is 11.2 Å². The summed E-state index contributed by atoms with van der Waals surface area (Å²) in [4.78, 5) is 23.2. The first-order valence-electron chi connectivity index (χ1n) is 10.8. The van der Waals surface area contributed by atoms with Gasteiger partial charge in [-0.3, -0.25) is 4.79 Å². The van der Waals surface area contributed by atoms with Gasteiger partial charge in [-0.2, -0.15) is 0 Å². The van der Waals surface area contributed by atoms with Crippen LogP contribution in [0.2, 0.25) is 10.0 Å². The zero-order valence-corrected chi connectivity index (χ0v) is 20.0. The highest BCUT2D eigenvalue weighted by molar-refractivity contribution is 6.42. The lowest BCUT2D eigenvalue weighted by Gasteiger charge is -2.13. The second-order valence-corrected chi connectivity index (χ2v) is 9.73. The number of hydrogen-bond acceptors (Lipinski definition) is 5. The van der Waals surface area contributed by atoms with Crippen LogP contribution in [0.25, 0.3) is 10.9 Å². The van der Waals surface area contributed by atoms with Gasteiger partial charge in [0, 0.05) is 35.9 Å². The molecule has 2 atom stereocenters. The van der Waals surface area contributed by atoms with Gasteiger partial charge in [-0.25, -0.2) is 14.4 Å². The number of carbonyl (C=O) groups is 1. The first kappa shape index (κ1) is 22.8. The van der Waals surface area contributed by atoms with E-state index in [2.05, 4.69) is 45.7 Å². The molecule has 1 saturated heterocycles. The molecule has 1 aromatic heterocycles. The Morgan fingerprint density at radius 1 is 1.38 bits per heavy atom. The molecule has 1 saturated carbocycles. The molecule has 1 aliphatic heterocycles. The fraction of sp³-hybridized carbons (Fsp3) is 0.269. The first-order valence-corrected chi connectivity index (χ1v) is 11.6. The molecule has 34 heavy (non-hydrogen) atoms. The van der Waals surface area contributed by atoms with E-state index in [1.165, 1.54) is 24.5 Å². The SMILES string of the molecule is C=CC(=O)Cc1cc2c(Nc3ccc(Cl)c(Cl)c3F)ncnc2cc1C#C[C@]12C[C@H]1CN(C)C2. The van der Waals surface area contributed by atoms with Crippen molar-refractivity contribution >= 4 is 51.4 Å². The minimum atomic E-state index is -0.676. The van der Waals surface area contributed by atoms with E-state index in [0.717, 1.165) is 30.6 Å². The third-order valence-electron chi connectivity index (χ3n) is 6.50. The Labute approximate surface area is 207 Å². The molecule has 2 aliphatic rings. The molecule has 0 bridgehead atoms. The Balaban J connectivity index is 1.57. The van der Waals surface area contributed by atoms with E-state index in [1.807, 2.05) is 12.1 Å². The molecular weight excluding hydrogens is 474 g/mol. The van der Waals surface area contributed by atoms with Crippen molar-refractivity contribution in [3.63, 3.8) is 0 Å². The number of aromatic nitrogens is 2. The number of ketones is 1. The van der Waals surface area contributed by atoms with Crippen molar-refractivity contribution in [2.75, 3.05) is 25.5 Å². The standard InChI is InChI=1S/C26H21Cl2FN4O/c1-3-18(34)8-16-9-19-22(10-15(16)6-7-26-11-17(26)12-33(2)13-26)30-14-31-25(19)32-21-5-4-20(27)23(28)24(21)29/h3-5,9-10,14,17H,1,8,11-13H2,2H3,(H,30,31,32)/t17-,26+/m0/s1. The van der Waals surface area contributed by atoms with Gasteiger partial charge >= 0.3 is 0 Å². The van der Waals surface area contributed by atoms with E-state index in [1.54, 1.807) is 0 Å². The van der Waals surface area contributed by atoms with Crippen molar-refractivity contribution in [2.24, 2.45) is 11.3 Å². The average molecular weight is 495 g/mol. The number of nitrogens with zero attached hydrogens (tertiary/aromatic N) is 3. The molecule has 0 amide bonds. The number of carbonyl (C=O) groups excluding carboxylic acids is 1. The highest BCUT2D eigenvalue weighted by Crippen LogP contribution is 2.56. The number of fused-ring (bicyclic) bond motifs is 2. The van der Waals surface area contributed by atoms with Gasteiger partial charge in [-0.1, -0.05) is 41.6 Å². The number of likely N-dealkylation sites (tertiary alicyclic amines) is 1. The molecule has 5 rings (SSSR count). The van der Waals surface area contributed by atoms with E-state index in [9.17, 15) is 9.18 Å². The molecule has 8 heteroatoms. The van der Waals surface area contributed by atoms with Gasteiger partial charge in [0.05, 0.1) is 21.2 Å². The van der Waals surface area contributed by atoms with E-state index in [4.69, 9.17) is 23.2 Å². The van der Waals surface area contributed by atoms with Gasteiger partial charge in [-0.15, -0.1) is 0 Å². The molecule has 0 radical (unpaired) electrons. The Hall–Kier alpha value is -2.98. The highest BCUT2D eigenvalue weighted by Gasteiger charge is 2.58. The summed E-state index contributed by atoms with van der Waals surface area (Å²) >= 11 is 11.9. The molecule has 2 aromatic carbocycles. The lowest BCUT2D eigenvalue weighted by atomic mass is 9.98. The molecule has 172 valence electrons. The van der Waals surface area contributed by atoms with E-state index >= 15 is 0 Å². The van der Waals surface area contributed by atoms with Crippen molar-refractivity contribution < 1.29 is 9.18 Å². The molecule has 0 spiro atoms. The maximum atomic E-state index is 14.6. The minimum absolute atomic E-state index is 0.0488. The Kier molecular flexibility index (Phi) is 5.81. The number of anilines is 2. The average Bonchev–Trinajstić information content (AvgIpc) is 3.38. The van der Waals surface area contributed by atoms with Crippen molar-refractivity contribution in [3.8, 4) is 11.8 Å². The topological polar surface area (TPSA) is 58.1 Å². The van der Waals surface area contributed by atoms with Gasteiger partial charge < -0.3 is 10.2 Å². The van der Waals surface area contributed by atoms with Crippen molar-refractivity contribution in [3.05, 3.63) is 70.2 Å². The van der Waals surface area contributed by atoms with Gasteiger partial charge in [0.1, 0.15) is 12.1 Å². The number of benzene rings is 2. The molecule has 1 N–H and O–H groups in total. The first-order chi connectivity index (χ1) is 16.3. The van der Waals surface area contributed by atoms with Crippen molar-refractivity contribution in [1.29, 1.82) is 0 Å². The summed E-state index contributed by atoms with van der Waals surface area (Å²) in [5.41, 5.74) is 2.31. The minimum Gasteiger partial charge on any atom is -0.337 e. The number of hydrogen-bond donors (Lipinski definition) is 1. The van der Waals surface area contributed by atoms with Crippen LogP contribution in [0.4, 0.5) is 15.9 Å². The quantitative estimate of drug-likeness (QED) is 0.291. The lowest BCUT2D eigenvalue weighted by molar-refractivity contribution is -0.114. The maximum absolute atomic E-state index is 14.6. The fourth-order valence-electron chi connectivity index (χ4n) is 4.64. The third kappa shape index (κ3) is 4.16. The zero-order valence-electron chi connectivity index (χ0n) is 18.5. The Morgan fingerprint density at radius 2 is 2.21 bits per heavy atom. The second kappa shape index (κ2) is 8.66. The molecule has 5 nitrogen and oxygen atoms in total. The van der Waals surface area contributed by atoms with Crippen LogP contribution < -0.4 is 5.32 Å². The van der Waals surface area contributed by atoms with Crippen LogP contribution in [0, 0.1) is 29.0 Å². The second-order valence-electron chi connectivity index (χ2n) is 8.95. The number of allylic oxidation sites excluding steroid dienone is 1. The predicted molar refractivity (Wildman–Crippen MR) is 133 cm³/mol. The summed E-state index contributed by atoms with van der Waals surface area (Å²) in [6, 6.07) is 6.69. The summed E-state index contributed by atoms with van der Waals surface area (Å²) < 4.78 is 14.6. The summed E-state index contributed by atoms with van der Waals surface area (Å²) in [6.45, 7) is 5.62. The predicted octanol–water partition coefficient (Wildman–Crippen LogP) is 5.42. The van der Waals surface area contributed by atoms with E-state index in [-0.39, 0.29) is 33.4 Å². The molecule has 3 aromatic rings. The van der Waals surface area contributed by atoms with Gasteiger partial charge in [0.2, 0.25) is 0 Å². The summed E-state index contributed by atoms with van der Waals surface area (Å²) in [7, 11) is 2.11. The van der Waals surface area contributed by atoms with Crippen molar-refractivity contribution in [1.82, 2.24) is 14.9 Å². The van der Waals surface area contributed by atoms with Crippen LogP contribution in [0.15, 0.2) is 43.2 Å². The van der Waals surface area contributed by atoms with Crippen LogP contribution in [0.3, 0.4) is 0 Å². The van der Waals surface area contributed by atoms with Crippen LogP contribution in [0.5, 0.6) is 0 Å². The van der Waals surface area contributed by atoms with E-state index < -0.39 is 5.82 Å². The summed E-state index contributed by atoms with van der Waals surface area (Å²) in [5.74, 6) is 7.02. The maximum Gasteiger partial charge on any atom is 0.166 e. The number of piperidine rings is 1. The molecule has 1 aliphatic carbocycles. The third-order valence-corrected chi connectivity index (χ3v) is 7.28. The number of rotatable bonds is 5. The highest BCUT2D eigenvalue weighted by atomic mass is 35.5. The molecule has 2 fully saturated rings. The van der Waals surface area contributed by atoms with Crippen molar-refractivity contribution in [2.45, 2.75) is 12.8 Å². The lowest BCUT2D eigenvalue weighted by Crippen LogP contribution is -2.19. The zero-order chi connectivity index (χ0) is 24.0. The summed E-state index contributed by atoms with van der Waals surface area (Å²) in [5, 5.41) is 3.56. The largest absolute Gasteiger partial charge is 0.337 e. The summed E-state index contributed by atoms with van der Waals surface area (Å²) in [6.07, 6.45) is 3.96. The van der Waals surface area contributed by atoms with Gasteiger partial charge in [0.15, 0.2) is 11.6 Å². The van der Waals surface area contributed by atoms with Crippen LogP contribution in [0.1, 0.15) is 17.5 Å². The van der Waals surface area contributed by atoms with Crippen LogP contribution >= 0.6 is 23.2 Å². The molecular formula is C26H21Cl2FN4O.